The van der Waals surface area contributed by atoms with Gasteiger partial charge in [0.05, 0.1) is 12.2 Å². The van der Waals surface area contributed by atoms with E-state index in [4.69, 9.17) is 9.84 Å². The minimum absolute atomic E-state index is 0. The largest absolute Gasteiger partial charge is 0.494 e. The van der Waals surface area contributed by atoms with Gasteiger partial charge in [-0.1, -0.05) is 32.6 Å². The number of carboxylic acid groups (broad SMARTS) is 1. The van der Waals surface area contributed by atoms with Crippen molar-refractivity contribution in [3.63, 3.8) is 0 Å². The summed E-state index contributed by atoms with van der Waals surface area (Å²) < 4.78 is 5.86. The second-order valence-electron chi connectivity index (χ2n) is 7.58. The van der Waals surface area contributed by atoms with Crippen LogP contribution >= 0.6 is 24.8 Å². The molecule has 3 rings (SSSR count). The van der Waals surface area contributed by atoms with Gasteiger partial charge < -0.3 is 19.6 Å². The van der Waals surface area contributed by atoms with Crippen molar-refractivity contribution in [2.45, 2.75) is 39.0 Å². The van der Waals surface area contributed by atoms with Crippen molar-refractivity contribution in [2.75, 3.05) is 42.6 Å². The van der Waals surface area contributed by atoms with Crippen molar-refractivity contribution in [1.82, 2.24) is 0 Å². The van der Waals surface area contributed by atoms with Crippen LogP contribution in [0.15, 0.2) is 48.5 Å². The molecule has 1 saturated heterocycles. The van der Waals surface area contributed by atoms with E-state index < -0.39 is 5.97 Å². The number of nitrogens with zero attached hydrogens (tertiary/aromatic N) is 2. The molecule has 2 aromatic rings. The summed E-state index contributed by atoms with van der Waals surface area (Å²) in [6.45, 7) is 6.75. The molecule has 0 unspecified atom stereocenters. The number of unbranched alkanes of at least 4 members (excludes halogenated alkanes) is 4. The molecular weight excluding hydrogens is 435 g/mol. The Balaban J connectivity index is 0.00000240. The van der Waals surface area contributed by atoms with Crippen LogP contribution in [0.5, 0.6) is 5.75 Å². The van der Waals surface area contributed by atoms with Crippen LogP contribution in [0.2, 0.25) is 0 Å². The second kappa shape index (κ2) is 14.0. The van der Waals surface area contributed by atoms with Crippen LogP contribution < -0.4 is 14.5 Å². The topological polar surface area (TPSA) is 53.0 Å². The summed E-state index contributed by atoms with van der Waals surface area (Å²) >= 11 is 0. The van der Waals surface area contributed by atoms with E-state index in [1.807, 2.05) is 12.1 Å². The number of ether oxygens (including phenoxy) is 1. The van der Waals surface area contributed by atoms with E-state index in [-0.39, 0.29) is 24.8 Å². The van der Waals surface area contributed by atoms with Crippen LogP contribution in [-0.4, -0.2) is 43.9 Å². The number of carboxylic acids is 1. The Hall–Kier alpha value is -2.11. The molecule has 7 heteroatoms. The molecule has 0 aromatic heterocycles. The Morgan fingerprint density at radius 1 is 0.806 bits per heavy atom. The lowest BCUT2D eigenvalue weighted by molar-refractivity contribution is 0.0697. The van der Waals surface area contributed by atoms with Crippen molar-refractivity contribution in [3.05, 3.63) is 54.1 Å². The van der Waals surface area contributed by atoms with Gasteiger partial charge in [0.2, 0.25) is 0 Å². The summed E-state index contributed by atoms with van der Waals surface area (Å²) in [5.74, 6) is 0.0617. The summed E-state index contributed by atoms with van der Waals surface area (Å²) in [4.78, 5) is 15.7. The van der Waals surface area contributed by atoms with E-state index >= 15 is 0 Å². The van der Waals surface area contributed by atoms with Gasteiger partial charge in [-0.05, 0) is 55.0 Å². The molecule has 0 spiro atoms. The molecule has 0 bridgehead atoms. The van der Waals surface area contributed by atoms with Gasteiger partial charge in [0.25, 0.3) is 0 Å². The molecule has 172 valence electrons. The Labute approximate surface area is 198 Å². The molecular formula is C24H34Cl2N2O3. The van der Waals surface area contributed by atoms with Gasteiger partial charge in [-0.15, -0.1) is 24.8 Å². The fourth-order valence-electron chi connectivity index (χ4n) is 3.69. The number of piperazine rings is 1. The highest BCUT2D eigenvalue weighted by Gasteiger charge is 2.18. The zero-order valence-electron chi connectivity index (χ0n) is 18.2. The highest BCUT2D eigenvalue weighted by Crippen LogP contribution is 2.23. The van der Waals surface area contributed by atoms with Crippen LogP contribution in [0.4, 0.5) is 11.4 Å². The lowest BCUT2D eigenvalue weighted by Gasteiger charge is -2.37. The number of aromatic carboxylic acids is 1. The molecule has 0 amide bonds. The number of anilines is 2. The molecule has 0 radical (unpaired) electrons. The van der Waals surface area contributed by atoms with Crippen molar-refractivity contribution in [2.24, 2.45) is 0 Å². The summed E-state index contributed by atoms with van der Waals surface area (Å²) in [7, 11) is 0. The van der Waals surface area contributed by atoms with Crippen molar-refractivity contribution >= 4 is 42.2 Å². The first-order chi connectivity index (χ1) is 14.2. The predicted octanol–water partition coefficient (Wildman–Crippen LogP) is 5.90. The summed E-state index contributed by atoms with van der Waals surface area (Å²) in [5.41, 5.74) is 2.63. The third-order valence-corrected chi connectivity index (χ3v) is 5.48. The maximum Gasteiger partial charge on any atom is 0.335 e. The van der Waals surface area contributed by atoms with Crippen molar-refractivity contribution in [3.8, 4) is 5.75 Å². The van der Waals surface area contributed by atoms with E-state index in [9.17, 15) is 4.79 Å². The number of hydrogen-bond donors (Lipinski definition) is 1. The summed E-state index contributed by atoms with van der Waals surface area (Å²) in [6.07, 6.45) is 6.25. The van der Waals surface area contributed by atoms with Gasteiger partial charge >= 0.3 is 5.97 Å². The van der Waals surface area contributed by atoms with E-state index in [0.29, 0.717) is 5.56 Å². The normalized spacial score (nSPS) is 13.2. The fourth-order valence-corrected chi connectivity index (χ4v) is 3.69. The lowest BCUT2D eigenvalue weighted by Crippen LogP contribution is -2.46. The Morgan fingerprint density at radius 3 is 1.77 bits per heavy atom. The smallest absolute Gasteiger partial charge is 0.335 e. The number of rotatable bonds is 10. The number of carbonyl (C=O) groups is 1. The zero-order chi connectivity index (χ0) is 20.5. The van der Waals surface area contributed by atoms with E-state index in [1.54, 1.807) is 12.1 Å². The monoisotopic (exact) mass is 468 g/mol. The van der Waals surface area contributed by atoms with Crippen molar-refractivity contribution < 1.29 is 14.6 Å². The number of benzene rings is 2. The second-order valence-corrected chi connectivity index (χ2v) is 7.58. The first-order valence-electron chi connectivity index (χ1n) is 10.7. The first-order valence-corrected chi connectivity index (χ1v) is 10.7. The third-order valence-electron chi connectivity index (χ3n) is 5.48. The van der Waals surface area contributed by atoms with Crippen LogP contribution in [0.25, 0.3) is 0 Å². The molecule has 1 fully saturated rings. The summed E-state index contributed by atoms with van der Waals surface area (Å²) in [6, 6.07) is 15.6. The number of hydrogen-bond acceptors (Lipinski definition) is 4. The molecule has 1 heterocycles. The van der Waals surface area contributed by atoms with Gasteiger partial charge in [-0.2, -0.15) is 0 Å². The van der Waals surface area contributed by atoms with Crippen molar-refractivity contribution in [1.29, 1.82) is 0 Å². The molecule has 2 aromatic carbocycles. The van der Waals surface area contributed by atoms with Gasteiger partial charge in [-0.3, -0.25) is 0 Å². The molecule has 1 N–H and O–H groups in total. The lowest BCUT2D eigenvalue weighted by atomic mass is 10.1. The Bertz CT molecular complexity index is 761. The molecule has 1 aliphatic rings. The average molecular weight is 469 g/mol. The molecule has 5 nitrogen and oxygen atoms in total. The quantitative estimate of drug-likeness (QED) is 0.439. The molecule has 31 heavy (non-hydrogen) atoms. The first kappa shape index (κ1) is 26.9. The molecule has 0 aliphatic carbocycles. The number of halogens is 2. The maximum atomic E-state index is 11.0. The van der Waals surface area contributed by atoms with Gasteiger partial charge in [0.1, 0.15) is 5.75 Å². The van der Waals surface area contributed by atoms with Gasteiger partial charge in [0, 0.05) is 37.6 Å². The molecule has 0 saturated carbocycles. The highest BCUT2D eigenvalue weighted by atomic mass is 35.5. The summed E-state index contributed by atoms with van der Waals surface area (Å²) in [5, 5.41) is 9.03. The van der Waals surface area contributed by atoms with E-state index in [1.165, 1.54) is 31.4 Å². The van der Waals surface area contributed by atoms with E-state index in [0.717, 1.165) is 50.6 Å². The standard InChI is InChI=1S/C24H32N2O3.2ClH/c1-2-3-4-5-6-19-29-23-13-11-22(12-14-23)26-17-15-25(16-18-26)21-9-7-20(8-10-21)24(27)28;;/h7-14H,2-6,15-19H2,1H3,(H,27,28);2*1H. The van der Waals surface area contributed by atoms with Crippen LogP contribution in [0, 0.1) is 0 Å². The minimum atomic E-state index is -0.884. The predicted molar refractivity (Wildman–Crippen MR) is 133 cm³/mol. The SMILES string of the molecule is CCCCCCCOc1ccc(N2CCN(c3ccc(C(=O)O)cc3)CC2)cc1.Cl.Cl. The Morgan fingerprint density at radius 2 is 1.29 bits per heavy atom. The Kier molecular flexibility index (Phi) is 12.2. The fraction of sp³-hybridized carbons (Fsp3) is 0.458. The van der Waals surface area contributed by atoms with E-state index in [2.05, 4.69) is 41.0 Å². The van der Waals surface area contributed by atoms with Crippen LogP contribution in [0.1, 0.15) is 49.4 Å². The average Bonchev–Trinajstić information content (AvgIpc) is 2.77. The zero-order valence-corrected chi connectivity index (χ0v) is 19.8. The van der Waals surface area contributed by atoms with Gasteiger partial charge in [-0.25, -0.2) is 4.79 Å². The van der Waals surface area contributed by atoms with Gasteiger partial charge in [0.15, 0.2) is 0 Å². The highest BCUT2D eigenvalue weighted by molar-refractivity contribution is 5.88. The maximum absolute atomic E-state index is 11.0. The minimum Gasteiger partial charge on any atom is -0.494 e. The molecule has 0 atom stereocenters. The molecule has 1 aliphatic heterocycles. The van der Waals surface area contributed by atoms with Crippen LogP contribution in [0.3, 0.4) is 0 Å². The third kappa shape index (κ3) is 8.15. The van der Waals surface area contributed by atoms with Crippen LogP contribution in [-0.2, 0) is 0 Å².